The van der Waals surface area contributed by atoms with Crippen LogP contribution in [0.25, 0.3) is 0 Å². The summed E-state index contributed by atoms with van der Waals surface area (Å²) in [5.41, 5.74) is 3.61. The van der Waals surface area contributed by atoms with Crippen molar-refractivity contribution < 1.29 is 13.6 Å². The van der Waals surface area contributed by atoms with Crippen LogP contribution in [0.1, 0.15) is 47.3 Å². The van der Waals surface area contributed by atoms with Gasteiger partial charge in [0.2, 0.25) is 5.91 Å². The van der Waals surface area contributed by atoms with E-state index in [1.807, 2.05) is 20.8 Å². The number of fused-ring (bicyclic) bond motifs is 1. The highest BCUT2D eigenvalue weighted by Crippen LogP contribution is 2.28. The van der Waals surface area contributed by atoms with Crippen LogP contribution in [0.5, 0.6) is 0 Å². The van der Waals surface area contributed by atoms with Gasteiger partial charge < -0.3 is 4.90 Å². The van der Waals surface area contributed by atoms with Crippen LogP contribution in [0.2, 0.25) is 0 Å². The molecule has 4 nitrogen and oxygen atoms in total. The molecule has 1 aromatic carbocycles. The molecule has 6 heteroatoms. The van der Waals surface area contributed by atoms with Crippen molar-refractivity contribution in [3.8, 4) is 0 Å². The highest BCUT2D eigenvalue weighted by atomic mass is 19.1. The van der Waals surface area contributed by atoms with Gasteiger partial charge in [0.15, 0.2) is 0 Å². The van der Waals surface area contributed by atoms with Crippen LogP contribution < -0.4 is 0 Å². The number of nitrogens with one attached hydrogen (secondary N) is 1. The van der Waals surface area contributed by atoms with Crippen molar-refractivity contribution in [2.45, 2.75) is 46.1 Å². The molecule has 1 amide bonds. The fourth-order valence-corrected chi connectivity index (χ4v) is 3.59. The summed E-state index contributed by atoms with van der Waals surface area (Å²) >= 11 is 0. The van der Waals surface area contributed by atoms with Crippen molar-refractivity contribution in [2.24, 2.45) is 0 Å². The first-order valence-electron chi connectivity index (χ1n) is 8.13. The van der Waals surface area contributed by atoms with E-state index in [1.54, 1.807) is 4.90 Å². The molecule has 2 heterocycles. The first kappa shape index (κ1) is 16.6. The van der Waals surface area contributed by atoms with Crippen molar-refractivity contribution >= 4 is 5.91 Å². The number of rotatable bonds is 3. The highest BCUT2D eigenvalue weighted by Gasteiger charge is 2.27. The van der Waals surface area contributed by atoms with Gasteiger partial charge in [-0.2, -0.15) is 5.10 Å². The number of carbonyl (C=O) groups excluding carboxylic acids is 1. The molecule has 0 aliphatic carbocycles. The maximum absolute atomic E-state index is 14.0. The third kappa shape index (κ3) is 2.92. The molecule has 3 rings (SSSR count). The van der Waals surface area contributed by atoms with Crippen LogP contribution in [0.4, 0.5) is 8.78 Å². The van der Waals surface area contributed by atoms with E-state index < -0.39 is 11.6 Å². The lowest BCUT2D eigenvalue weighted by molar-refractivity contribution is -0.132. The number of hydrogen-bond acceptors (Lipinski definition) is 2. The van der Waals surface area contributed by atoms with Gasteiger partial charge in [0, 0.05) is 30.8 Å². The lowest BCUT2D eigenvalue weighted by Gasteiger charge is -2.30. The molecule has 1 aromatic heterocycles. The first-order chi connectivity index (χ1) is 11.4. The van der Waals surface area contributed by atoms with E-state index in [-0.39, 0.29) is 18.4 Å². The van der Waals surface area contributed by atoms with Crippen LogP contribution in [0.3, 0.4) is 0 Å². The Hall–Kier alpha value is -2.24. The van der Waals surface area contributed by atoms with Gasteiger partial charge in [0.1, 0.15) is 11.6 Å². The highest BCUT2D eigenvalue weighted by molar-refractivity contribution is 5.77. The number of nitrogens with zero attached hydrogens (tertiary/aromatic N) is 2. The van der Waals surface area contributed by atoms with Gasteiger partial charge >= 0.3 is 0 Å². The Labute approximate surface area is 139 Å². The molecule has 0 spiro atoms. The van der Waals surface area contributed by atoms with Gasteiger partial charge in [-0.3, -0.25) is 9.89 Å². The number of hydrogen-bond donors (Lipinski definition) is 1. The fraction of sp³-hybridized carbons (Fsp3) is 0.444. The maximum Gasteiger partial charge on any atom is 0.223 e. The molecule has 1 atom stereocenters. The van der Waals surface area contributed by atoms with Gasteiger partial charge in [0.05, 0.1) is 5.69 Å². The quantitative estimate of drug-likeness (QED) is 0.936. The van der Waals surface area contributed by atoms with E-state index in [0.717, 1.165) is 29.1 Å². The molecule has 1 unspecified atom stereocenters. The topological polar surface area (TPSA) is 49.0 Å². The molecule has 1 aliphatic heterocycles. The minimum atomic E-state index is -0.446. The Kier molecular flexibility index (Phi) is 4.39. The predicted molar refractivity (Wildman–Crippen MR) is 86.6 cm³/mol. The zero-order chi connectivity index (χ0) is 17.4. The lowest BCUT2D eigenvalue weighted by Crippen LogP contribution is -2.37. The Morgan fingerprint density at radius 1 is 1.29 bits per heavy atom. The number of carbonyl (C=O) groups is 1. The third-order valence-electron chi connectivity index (χ3n) is 4.81. The Bertz CT molecular complexity index is 765. The van der Waals surface area contributed by atoms with Crippen molar-refractivity contribution in [2.75, 3.05) is 6.54 Å². The van der Waals surface area contributed by atoms with E-state index in [0.29, 0.717) is 30.5 Å². The summed E-state index contributed by atoms with van der Waals surface area (Å²) in [6, 6.07) is 2.28. The number of aryl methyl sites for hydroxylation is 2. The minimum absolute atomic E-state index is 0.0232. The molecule has 0 bridgehead atoms. The van der Waals surface area contributed by atoms with Gasteiger partial charge in [0.25, 0.3) is 0 Å². The van der Waals surface area contributed by atoms with Gasteiger partial charge in [-0.15, -0.1) is 0 Å². The number of H-pyrrole nitrogens is 1. The number of aromatic amines is 1. The van der Waals surface area contributed by atoms with Gasteiger partial charge in [-0.25, -0.2) is 8.78 Å². The van der Waals surface area contributed by atoms with Crippen molar-refractivity contribution in [1.29, 1.82) is 0 Å². The van der Waals surface area contributed by atoms with E-state index in [2.05, 4.69) is 10.2 Å². The average molecular weight is 333 g/mol. The van der Waals surface area contributed by atoms with Crippen LogP contribution in [-0.2, 0) is 17.8 Å². The zero-order valence-corrected chi connectivity index (χ0v) is 14.1. The molecule has 0 radical (unpaired) electrons. The smallest absolute Gasteiger partial charge is 0.223 e. The first-order valence-corrected chi connectivity index (χ1v) is 8.13. The third-order valence-corrected chi connectivity index (χ3v) is 4.81. The lowest BCUT2D eigenvalue weighted by atomic mass is 9.94. The molecule has 0 saturated heterocycles. The fourth-order valence-electron chi connectivity index (χ4n) is 3.59. The summed E-state index contributed by atoms with van der Waals surface area (Å²) in [4.78, 5) is 14.2. The summed E-state index contributed by atoms with van der Waals surface area (Å²) in [5, 5.41) is 7.10. The van der Waals surface area contributed by atoms with Crippen LogP contribution >= 0.6 is 0 Å². The van der Waals surface area contributed by atoms with E-state index in [9.17, 15) is 13.6 Å². The standard InChI is InChI=1S/C18H21F2N3O/c1-10(18-11(2)21-22-12(18)3)8-17(24)23-7-6-13-14(9-23)16(20)5-4-15(13)19/h4-5,10H,6-9H2,1-3H3,(H,21,22). The van der Waals surface area contributed by atoms with Crippen LogP contribution in [0.15, 0.2) is 12.1 Å². The number of benzene rings is 1. The second kappa shape index (κ2) is 6.34. The maximum atomic E-state index is 14.0. The van der Waals surface area contributed by atoms with Crippen molar-refractivity contribution in [3.05, 3.63) is 51.8 Å². The van der Waals surface area contributed by atoms with Gasteiger partial charge in [-0.1, -0.05) is 6.92 Å². The summed E-state index contributed by atoms with van der Waals surface area (Å²) in [6.45, 7) is 6.39. The summed E-state index contributed by atoms with van der Waals surface area (Å²) in [7, 11) is 0. The van der Waals surface area contributed by atoms with Crippen LogP contribution in [-0.4, -0.2) is 27.5 Å². The summed E-state index contributed by atoms with van der Waals surface area (Å²) in [6.07, 6.45) is 0.677. The molecule has 0 fully saturated rings. The number of aromatic nitrogens is 2. The normalized spacial score (nSPS) is 15.3. The molecule has 2 aromatic rings. The Morgan fingerprint density at radius 3 is 2.58 bits per heavy atom. The molecule has 0 saturated carbocycles. The number of amides is 1. The van der Waals surface area contributed by atoms with Crippen molar-refractivity contribution in [3.63, 3.8) is 0 Å². The molecule has 128 valence electrons. The molecular formula is C18H21F2N3O. The Balaban J connectivity index is 1.74. The predicted octanol–water partition coefficient (Wildman–Crippen LogP) is 3.38. The molecule has 1 N–H and O–H groups in total. The molecular weight excluding hydrogens is 312 g/mol. The largest absolute Gasteiger partial charge is 0.338 e. The van der Waals surface area contributed by atoms with Gasteiger partial charge in [-0.05, 0) is 49.4 Å². The summed E-state index contributed by atoms with van der Waals surface area (Å²) in [5.74, 6) is -0.859. The zero-order valence-electron chi connectivity index (χ0n) is 14.1. The summed E-state index contributed by atoms with van der Waals surface area (Å²) < 4.78 is 27.7. The molecule has 1 aliphatic rings. The van der Waals surface area contributed by atoms with E-state index in [4.69, 9.17) is 0 Å². The molecule has 24 heavy (non-hydrogen) atoms. The van der Waals surface area contributed by atoms with Crippen LogP contribution in [0, 0.1) is 25.5 Å². The Morgan fingerprint density at radius 2 is 1.96 bits per heavy atom. The second-order valence-corrected chi connectivity index (χ2v) is 6.50. The van der Waals surface area contributed by atoms with E-state index in [1.165, 1.54) is 0 Å². The van der Waals surface area contributed by atoms with Crippen molar-refractivity contribution in [1.82, 2.24) is 15.1 Å². The monoisotopic (exact) mass is 333 g/mol. The SMILES string of the molecule is Cc1n[nH]c(C)c1C(C)CC(=O)N1CCc2c(F)ccc(F)c2C1. The minimum Gasteiger partial charge on any atom is -0.338 e. The van der Waals surface area contributed by atoms with E-state index >= 15 is 0 Å². The second-order valence-electron chi connectivity index (χ2n) is 6.50. The number of halogens is 2. The average Bonchev–Trinajstić information content (AvgIpc) is 2.89.